The molecule has 236 valence electrons. The summed E-state index contributed by atoms with van der Waals surface area (Å²) in [6, 6.07) is 72.5. The van der Waals surface area contributed by atoms with Crippen molar-refractivity contribution in [3.05, 3.63) is 216 Å². The predicted octanol–water partition coefficient (Wildman–Crippen LogP) is 13.4. The SMILES string of the molecule is c1ccc(-c2cccc3c4c(ccc23)-c2ccc(-c3ccc5ccc6cccc7ccc3c5c67)cc2C4(c2ccccc2)c2ccccc2)cc1. The lowest BCUT2D eigenvalue weighted by atomic mass is 9.66. The van der Waals surface area contributed by atoms with E-state index in [-0.39, 0.29) is 0 Å². The molecule has 1 aliphatic carbocycles. The molecule has 0 radical (unpaired) electrons. The predicted molar refractivity (Wildman–Crippen MR) is 216 cm³/mol. The molecule has 0 fully saturated rings. The quantitative estimate of drug-likeness (QED) is 0.167. The normalized spacial score (nSPS) is 13.3. The first-order valence-electron chi connectivity index (χ1n) is 17.9. The molecule has 0 unspecified atom stereocenters. The number of benzene rings is 10. The van der Waals surface area contributed by atoms with E-state index >= 15 is 0 Å². The van der Waals surface area contributed by atoms with Crippen molar-refractivity contribution >= 4 is 43.1 Å². The molecular formula is C51H32. The van der Waals surface area contributed by atoms with Gasteiger partial charge < -0.3 is 0 Å². The molecule has 0 atom stereocenters. The van der Waals surface area contributed by atoms with Gasteiger partial charge in [-0.1, -0.05) is 188 Å². The lowest BCUT2D eigenvalue weighted by Gasteiger charge is -2.35. The summed E-state index contributed by atoms with van der Waals surface area (Å²) in [6.45, 7) is 0. The Morgan fingerprint density at radius 3 is 1.57 bits per heavy atom. The van der Waals surface area contributed by atoms with Gasteiger partial charge in [-0.15, -0.1) is 0 Å². The summed E-state index contributed by atoms with van der Waals surface area (Å²) in [5.41, 5.74) is 12.3. The van der Waals surface area contributed by atoms with Gasteiger partial charge in [0.25, 0.3) is 0 Å². The highest BCUT2D eigenvalue weighted by Gasteiger charge is 2.47. The van der Waals surface area contributed by atoms with E-state index in [1.807, 2.05) is 0 Å². The van der Waals surface area contributed by atoms with Gasteiger partial charge in [-0.3, -0.25) is 0 Å². The molecule has 10 aromatic rings. The molecule has 0 nitrogen and oxygen atoms in total. The van der Waals surface area contributed by atoms with Crippen LogP contribution in [0.4, 0.5) is 0 Å². The second kappa shape index (κ2) is 10.7. The van der Waals surface area contributed by atoms with Crippen LogP contribution in [0.1, 0.15) is 22.3 Å². The molecule has 0 spiro atoms. The van der Waals surface area contributed by atoms with E-state index in [1.165, 1.54) is 98.7 Å². The van der Waals surface area contributed by atoms with Crippen LogP contribution in [0.15, 0.2) is 194 Å². The molecule has 0 bridgehead atoms. The van der Waals surface area contributed by atoms with Gasteiger partial charge in [-0.2, -0.15) is 0 Å². The summed E-state index contributed by atoms with van der Waals surface area (Å²) in [6.07, 6.45) is 0. The van der Waals surface area contributed by atoms with E-state index in [2.05, 4.69) is 194 Å². The van der Waals surface area contributed by atoms with Crippen molar-refractivity contribution in [3.8, 4) is 33.4 Å². The Bertz CT molecular complexity index is 2880. The van der Waals surface area contributed by atoms with Crippen LogP contribution in [0.25, 0.3) is 76.5 Å². The van der Waals surface area contributed by atoms with E-state index in [4.69, 9.17) is 0 Å². The van der Waals surface area contributed by atoms with Gasteiger partial charge in [0.2, 0.25) is 0 Å². The van der Waals surface area contributed by atoms with Crippen LogP contribution in [0.3, 0.4) is 0 Å². The summed E-state index contributed by atoms with van der Waals surface area (Å²) in [4.78, 5) is 0. The summed E-state index contributed by atoms with van der Waals surface area (Å²) in [7, 11) is 0. The van der Waals surface area contributed by atoms with Crippen LogP contribution in [-0.2, 0) is 5.41 Å². The Balaban J connectivity index is 1.25. The maximum absolute atomic E-state index is 2.51. The summed E-state index contributed by atoms with van der Waals surface area (Å²) in [5, 5.41) is 10.4. The van der Waals surface area contributed by atoms with E-state index in [9.17, 15) is 0 Å². The fraction of sp³-hybridized carbons (Fsp3) is 0.0196. The Hall–Kier alpha value is -6.50. The first kappa shape index (κ1) is 28.3. The molecule has 0 saturated heterocycles. The molecule has 1 aliphatic rings. The maximum atomic E-state index is 2.51. The van der Waals surface area contributed by atoms with Crippen LogP contribution in [-0.4, -0.2) is 0 Å². The number of fused-ring (bicyclic) bond motifs is 5. The van der Waals surface area contributed by atoms with Crippen molar-refractivity contribution in [2.75, 3.05) is 0 Å². The van der Waals surface area contributed by atoms with Crippen molar-refractivity contribution in [2.24, 2.45) is 0 Å². The molecule has 0 N–H and O–H groups in total. The largest absolute Gasteiger partial charge is 0.0719 e. The Kier molecular flexibility index (Phi) is 5.97. The van der Waals surface area contributed by atoms with E-state index in [0.29, 0.717) is 0 Å². The average Bonchev–Trinajstić information content (AvgIpc) is 3.51. The minimum Gasteiger partial charge on any atom is -0.0622 e. The van der Waals surface area contributed by atoms with Crippen molar-refractivity contribution in [1.82, 2.24) is 0 Å². The van der Waals surface area contributed by atoms with Crippen molar-refractivity contribution in [1.29, 1.82) is 0 Å². The van der Waals surface area contributed by atoms with E-state index < -0.39 is 5.41 Å². The second-order valence-electron chi connectivity index (χ2n) is 14.0. The van der Waals surface area contributed by atoms with Gasteiger partial charge in [0.1, 0.15) is 0 Å². The minimum atomic E-state index is -0.526. The Morgan fingerprint density at radius 1 is 0.294 bits per heavy atom. The molecule has 10 aromatic carbocycles. The zero-order chi connectivity index (χ0) is 33.5. The molecule has 51 heavy (non-hydrogen) atoms. The van der Waals surface area contributed by atoms with Crippen LogP contribution < -0.4 is 0 Å². The van der Waals surface area contributed by atoms with Crippen LogP contribution in [0.5, 0.6) is 0 Å². The first-order valence-corrected chi connectivity index (χ1v) is 17.9. The lowest BCUT2D eigenvalue weighted by Crippen LogP contribution is -2.29. The van der Waals surface area contributed by atoms with Crippen LogP contribution in [0, 0.1) is 0 Å². The fourth-order valence-corrected chi connectivity index (χ4v) is 9.38. The van der Waals surface area contributed by atoms with E-state index in [0.717, 1.165) is 0 Å². The highest BCUT2D eigenvalue weighted by Crippen LogP contribution is 2.59. The molecule has 0 saturated carbocycles. The topological polar surface area (TPSA) is 0 Å². The molecule has 0 amide bonds. The van der Waals surface area contributed by atoms with Gasteiger partial charge in [-0.25, -0.2) is 0 Å². The summed E-state index contributed by atoms with van der Waals surface area (Å²) in [5.74, 6) is 0. The highest BCUT2D eigenvalue weighted by molar-refractivity contribution is 6.25. The minimum absolute atomic E-state index is 0.526. The van der Waals surface area contributed by atoms with Gasteiger partial charge in [0, 0.05) is 0 Å². The van der Waals surface area contributed by atoms with Crippen molar-refractivity contribution in [2.45, 2.75) is 5.41 Å². The molecule has 0 aromatic heterocycles. The van der Waals surface area contributed by atoms with E-state index in [1.54, 1.807) is 0 Å². The zero-order valence-corrected chi connectivity index (χ0v) is 28.0. The third-order valence-corrected chi connectivity index (χ3v) is 11.5. The van der Waals surface area contributed by atoms with Crippen LogP contribution >= 0.6 is 0 Å². The second-order valence-corrected chi connectivity index (χ2v) is 14.0. The third-order valence-electron chi connectivity index (χ3n) is 11.5. The average molecular weight is 645 g/mol. The van der Waals surface area contributed by atoms with Gasteiger partial charge >= 0.3 is 0 Å². The molecular weight excluding hydrogens is 613 g/mol. The Morgan fingerprint density at radius 2 is 0.843 bits per heavy atom. The number of hydrogen-bond donors (Lipinski definition) is 0. The Labute approximate surface area is 297 Å². The molecule has 0 aliphatic heterocycles. The zero-order valence-electron chi connectivity index (χ0n) is 28.0. The summed E-state index contributed by atoms with van der Waals surface area (Å²) < 4.78 is 0. The standard InChI is InChI=1S/C51H32/c1-4-12-33(13-5-1)40-20-11-21-45-42(40)30-31-46-43-28-26-37(41-27-24-36-23-22-34-14-10-15-35-25-29-44(41)49(36)48(34)35)32-47(43)51(50(45)46,38-16-6-2-7-17-38)39-18-8-3-9-19-39/h1-32H. The molecule has 0 heteroatoms. The first-order chi connectivity index (χ1) is 25.3. The van der Waals surface area contributed by atoms with Gasteiger partial charge in [0.05, 0.1) is 5.41 Å². The van der Waals surface area contributed by atoms with Gasteiger partial charge in [0.15, 0.2) is 0 Å². The van der Waals surface area contributed by atoms with Gasteiger partial charge in [-0.05, 0) is 105 Å². The lowest BCUT2D eigenvalue weighted by molar-refractivity contribution is 0.776. The highest BCUT2D eigenvalue weighted by atomic mass is 14.5. The summed E-state index contributed by atoms with van der Waals surface area (Å²) >= 11 is 0. The van der Waals surface area contributed by atoms with Crippen molar-refractivity contribution < 1.29 is 0 Å². The molecule has 11 rings (SSSR count). The monoisotopic (exact) mass is 644 g/mol. The number of rotatable bonds is 4. The number of hydrogen-bond acceptors (Lipinski definition) is 0. The molecule has 0 heterocycles. The third kappa shape index (κ3) is 3.91. The fourth-order valence-electron chi connectivity index (χ4n) is 9.38. The maximum Gasteiger partial charge on any atom is 0.0719 e. The smallest absolute Gasteiger partial charge is 0.0622 e. The van der Waals surface area contributed by atoms with Crippen molar-refractivity contribution in [3.63, 3.8) is 0 Å². The van der Waals surface area contributed by atoms with Crippen LogP contribution in [0.2, 0.25) is 0 Å².